The zero-order valence-corrected chi connectivity index (χ0v) is 13.0. The molecule has 0 saturated carbocycles. The van der Waals surface area contributed by atoms with Gasteiger partial charge in [-0.25, -0.2) is 4.39 Å². The van der Waals surface area contributed by atoms with Crippen molar-refractivity contribution in [1.82, 2.24) is 5.32 Å². The van der Waals surface area contributed by atoms with Crippen LogP contribution < -0.4 is 10.2 Å². The molecule has 0 spiro atoms. The molecule has 20 heavy (non-hydrogen) atoms. The van der Waals surface area contributed by atoms with Crippen LogP contribution in [0, 0.1) is 5.82 Å². The molecule has 0 aromatic heterocycles. The summed E-state index contributed by atoms with van der Waals surface area (Å²) in [7, 11) is 0. The lowest BCUT2D eigenvalue weighted by atomic mass is 10.1. The lowest BCUT2D eigenvalue weighted by molar-refractivity contribution is 0.569. The largest absolute Gasteiger partial charge is 0.366 e. The first-order valence-corrected chi connectivity index (χ1v) is 7.86. The minimum atomic E-state index is -0.0817. The Kier molecular flexibility index (Phi) is 5.41. The third kappa shape index (κ3) is 3.95. The molecular formula is C17H27FN2. The number of halogens is 1. The van der Waals surface area contributed by atoms with E-state index in [1.165, 1.54) is 19.3 Å². The zero-order valence-electron chi connectivity index (χ0n) is 13.0. The van der Waals surface area contributed by atoms with Crippen molar-refractivity contribution in [2.75, 3.05) is 11.4 Å². The first-order chi connectivity index (χ1) is 9.58. The Morgan fingerprint density at radius 3 is 2.80 bits per heavy atom. The Bertz CT molecular complexity index is 431. The Balaban J connectivity index is 2.11. The number of rotatable bonds is 4. The average molecular weight is 278 g/mol. The van der Waals surface area contributed by atoms with Gasteiger partial charge in [-0.3, -0.25) is 0 Å². The van der Waals surface area contributed by atoms with E-state index in [2.05, 4.69) is 31.0 Å². The van der Waals surface area contributed by atoms with E-state index in [0.29, 0.717) is 12.1 Å². The van der Waals surface area contributed by atoms with Gasteiger partial charge in [0.25, 0.3) is 0 Å². The van der Waals surface area contributed by atoms with E-state index in [4.69, 9.17) is 0 Å². The molecule has 0 aliphatic carbocycles. The Labute approximate surface area is 122 Å². The number of anilines is 1. The Hall–Kier alpha value is -1.09. The van der Waals surface area contributed by atoms with E-state index in [1.54, 1.807) is 6.07 Å². The molecular weight excluding hydrogens is 251 g/mol. The van der Waals surface area contributed by atoms with Crippen molar-refractivity contribution in [3.63, 3.8) is 0 Å². The van der Waals surface area contributed by atoms with E-state index < -0.39 is 0 Å². The SMILES string of the molecule is CC(C)NCc1ccc(N2CCCCCC2C)c(F)c1. The van der Waals surface area contributed by atoms with Gasteiger partial charge in [-0.05, 0) is 37.5 Å². The first kappa shape index (κ1) is 15.3. The van der Waals surface area contributed by atoms with Crippen molar-refractivity contribution >= 4 is 5.69 Å². The summed E-state index contributed by atoms with van der Waals surface area (Å²) in [6.45, 7) is 8.11. The fourth-order valence-electron chi connectivity index (χ4n) is 2.85. The highest BCUT2D eigenvalue weighted by Crippen LogP contribution is 2.27. The molecule has 1 N–H and O–H groups in total. The van der Waals surface area contributed by atoms with Crippen LogP contribution in [0.4, 0.5) is 10.1 Å². The number of hydrogen-bond acceptors (Lipinski definition) is 2. The standard InChI is InChI=1S/C17H27FN2/c1-13(2)19-12-15-8-9-17(16(18)11-15)20-10-6-4-5-7-14(20)3/h8-9,11,13-14,19H,4-7,10,12H2,1-3H3. The second-order valence-electron chi connectivity index (χ2n) is 6.21. The molecule has 1 atom stereocenters. The summed E-state index contributed by atoms with van der Waals surface area (Å²) in [5.74, 6) is -0.0817. The third-order valence-corrected chi connectivity index (χ3v) is 4.09. The molecule has 1 fully saturated rings. The number of benzene rings is 1. The van der Waals surface area contributed by atoms with Crippen LogP contribution in [-0.4, -0.2) is 18.6 Å². The van der Waals surface area contributed by atoms with Crippen LogP contribution in [0.2, 0.25) is 0 Å². The minimum absolute atomic E-state index is 0.0817. The monoisotopic (exact) mass is 278 g/mol. The fourth-order valence-corrected chi connectivity index (χ4v) is 2.85. The van der Waals surface area contributed by atoms with Crippen LogP contribution in [0.3, 0.4) is 0 Å². The van der Waals surface area contributed by atoms with E-state index in [-0.39, 0.29) is 5.82 Å². The van der Waals surface area contributed by atoms with Gasteiger partial charge < -0.3 is 10.2 Å². The topological polar surface area (TPSA) is 15.3 Å². The van der Waals surface area contributed by atoms with Crippen molar-refractivity contribution < 1.29 is 4.39 Å². The van der Waals surface area contributed by atoms with Gasteiger partial charge in [-0.15, -0.1) is 0 Å². The molecule has 0 radical (unpaired) electrons. The summed E-state index contributed by atoms with van der Waals surface area (Å²) in [5.41, 5.74) is 1.79. The van der Waals surface area contributed by atoms with Crippen molar-refractivity contribution in [3.05, 3.63) is 29.6 Å². The van der Waals surface area contributed by atoms with Crippen LogP contribution >= 0.6 is 0 Å². The molecule has 112 valence electrons. The highest BCUT2D eigenvalue weighted by atomic mass is 19.1. The van der Waals surface area contributed by atoms with Gasteiger partial charge in [-0.1, -0.05) is 32.8 Å². The lowest BCUT2D eigenvalue weighted by Crippen LogP contribution is -2.33. The zero-order chi connectivity index (χ0) is 14.5. The molecule has 1 aliphatic heterocycles. The molecule has 1 aromatic rings. The Morgan fingerprint density at radius 2 is 2.10 bits per heavy atom. The molecule has 1 saturated heterocycles. The van der Waals surface area contributed by atoms with Crippen LogP contribution in [0.25, 0.3) is 0 Å². The van der Waals surface area contributed by atoms with Gasteiger partial charge in [0, 0.05) is 25.2 Å². The van der Waals surface area contributed by atoms with E-state index >= 15 is 0 Å². The smallest absolute Gasteiger partial charge is 0.146 e. The molecule has 1 aliphatic rings. The van der Waals surface area contributed by atoms with Crippen molar-refractivity contribution in [1.29, 1.82) is 0 Å². The van der Waals surface area contributed by atoms with Gasteiger partial charge in [0.1, 0.15) is 5.82 Å². The first-order valence-electron chi connectivity index (χ1n) is 7.86. The van der Waals surface area contributed by atoms with Gasteiger partial charge in [-0.2, -0.15) is 0 Å². The minimum Gasteiger partial charge on any atom is -0.366 e. The Morgan fingerprint density at radius 1 is 1.30 bits per heavy atom. The van der Waals surface area contributed by atoms with Gasteiger partial charge in [0.2, 0.25) is 0 Å². The quantitative estimate of drug-likeness (QED) is 0.892. The molecule has 2 rings (SSSR count). The number of hydrogen-bond donors (Lipinski definition) is 1. The molecule has 1 heterocycles. The van der Waals surface area contributed by atoms with Crippen LogP contribution in [0.15, 0.2) is 18.2 Å². The molecule has 0 bridgehead atoms. The van der Waals surface area contributed by atoms with Gasteiger partial charge >= 0.3 is 0 Å². The maximum Gasteiger partial charge on any atom is 0.146 e. The fraction of sp³-hybridized carbons (Fsp3) is 0.647. The van der Waals surface area contributed by atoms with Crippen molar-refractivity contribution in [3.8, 4) is 0 Å². The summed E-state index contributed by atoms with van der Waals surface area (Å²) >= 11 is 0. The molecule has 0 amide bonds. The summed E-state index contributed by atoms with van der Waals surface area (Å²) < 4.78 is 14.4. The highest BCUT2D eigenvalue weighted by molar-refractivity contribution is 5.50. The van der Waals surface area contributed by atoms with Crippen molar-refractivity contribution in [2.45, 2.75) is 65.1 Å². The maximum atomic E-state index is 14.4. The van der Waals surface area contributed by atoms with Crippen LogP contribution in [0.1, 0.15) is 52.0 Å². The molecule has 3 heteroatoms. The highest BCUT2D eigenvalue weighted by Gasteiger charge is 2.20. The average Bonchev–Trinajstić information content (AvgIpc) is 2.61. The normalized spacial score (nSPS) is 20.2. The summed E-state index contributed by atoms with van der Waals surface area (Å²) in [5, 5.41) is 3.33. The molecule has 1 unspecified atom stereocenters. The van der Waals surface area contributed by atoms with E-state index in [1.807, 2.05) is 12.1 Å². The predicted octanol–water partition coefficient (Wildman–Crippen LogP) is 4.09. The van der Waals surface area contributed by atoms with E-state index in [0.717, 1.165) is 30.8 Å². The summed E-state index contributed by atoms with van der Waals surface area (Å²) in [6.07, 6.45) is 4.85. The number of nitrogens with one attached hydrogen (secondary N) is 1. The van der Waals surface area contributed by atoms with Crippen LogP contribution in [-0.2, 0) is 6.54 Å². The van der Waals surface area contributed by atoms with E-state index in [9.17, 15) is 4.39 Å². The number of nitrogens with zero attached hydrogens (tertiary/aromatic N) is 1. The molecule has 1 aromatic carbocycles. The summed E-state index contributed by atoms with van der Waals surface area (Å²) in [4.78, 5) is 2.24. The van der Waals surface area contributed by atoms with Gasteiger partial charge in [0.05, 0.1) is 5.69 Å². The third-order valence-electron chi connectivity index (χ3n) is 4.09. The van der Waals surface area contributed by atoms with Gasteiger partial charge in [0.15, 0.2) is 0 Å². The lowest BCUT2D eigenvalue weighted by Gasteiger charge is -2.30. The summed E-state index contributed by atoms with van der Waals surface area (Å²) in [6, 6.07) is 6.54. The maximum absolute atomic E-state index is 14.4. The second-order valence-corrected chi connectivity index (χ2v) is 6.21. The molecule has 2 nitrogen and oxygen atoms in total. The van der Waals surface area contributed by atoms with Crippen molar-refractivity contribution in [2.24, 2.45) is 0 Å². The predicted molar refractivity (Wildman–Crippen MR) is 83.7 cm³/mol. The van der Waals surface area contributed by atoms with Crippen LogP contribution in [0.5, 0.6) is 0 Å². The second kappa shape index (κ2) is 7.07.